The van der Waals surface area contributed by atoms with Gasteiger partial charge in [0.1, 0.15) is 0 Å². The Hall–Kier alpha value is -1.65. The number of likely N-dealkylation sites (tertiary alicyclic amines) is 1. The molecule has 1 atom stereocenters. The summed E-state index contributed by atoms with van der Waals surface area (Å²) in [6.45, 7) is 4.09. The summed E-state index contributed by atoms with van der Waals surface area (Å²) in [5, 5.41) is 4.70. The van der Waals surface area contributed by atoms with Crippen molar-refractivity contribution in [3.63, 3.8) is 0 Å². The third-order valence-electron chi connectivity index (χ3n) is 4.23. The molecule has 4 heteroatoms. The Labute approximate surface area is 126 Å². The van der Waals surface area contributed by atoms with Crippen molar-refractivity contribution in [2.75, 3.05) is 19.6 Å². The maximum Gasteiger partial charge on any atom is 0.0769 e. The number of nitrogens with two attached hydrogens (primary N) is 1. The Kier molecular flexibility index (Phi) is 4.68. The number of rotatable bonds is 5. The Morgan fingerprint density at radius 1 is 1.19 bits per heavy atom. The molecule has 1 aliphatic rings. The van der Waals surface area contributed by atoms with Gasteiger partial charge in [0.15, 0.2) is 0 Å². The summed E-state index contributed by atoms with van der Waals surface area (Å²) in [4.78, 5) is 2.52. The number of benzene rings is 1. The minimum absolute atomic E-state index is 0.764. The largest absolute Gasteiger partial charge is 0.330 e. The van der Waals surface area contributed by atoms with Crippen molar-refractivity contribution >= 4 is 0 Å². The van der Waals surface area contributed by atoms with E-state index in [1.54, 1.807) is 0 Å². The summed E-state index contributed by atoms with van der Waals surface area (Å²) in [7, 11) is 0. The molecule has 1 fully saturated rings. The van der Waals surface area contributed by atoms with Crippen molar-refractivity contribution in [2.24, 2.45) is 11.7 Å². The predicted molar refractivity (Wildman–Crippen MR) is 85.2 cm³/mol. The lowest BCUT2D eigenvalue weighted by Gasteiger charge is -2.32. The monoisotopic (exact) mass is 284 g/mol. The van der Waals surface area contributed by atoms with Gasteiger partial charge in [-0.05, 0) is 56.5 Å². The Morgan fingerprint density at radius 2 is 2.05 bits per heavy atom. The van der Waals surface area contributed by atoms with Crippen LogP contribution in [0.5, 0.6) is 0 Å². The average Bonchev–Trinajstić information content (AvgIpc) is 2.97. The van der Waals surface area contributed by atoms with E-state index in [4.69, 9.17) is 10.8 Å². The quantitative estimate of drug-likeness (QED) is 0.917. The molecule has 0 bridgehead atoms. The molecule has 0 spiro atoms. The molecule has 112 valence electrons. The van der Waals surface area contributed by atoms with E-state index in [0.717, 1.165) is 43.4 Å². The van der Waals surface area contributed by atoms with Crippen LogP contribution >= 0.6 is 0 Å². The number of nitrogens with zero attached hydrogens (tertiary/aromatic N) is 3. The zero-order valence-corrected chi connectivity index (χ0v) is 12.5. The number of hydrogen-bond donors (Lipinski definition) is 1. The van der Waals surface area contributed by atoms with Gasteiger partial charge < -0.3 is 5.73 Å². The van der Waals surface area contributed by atoms with Crippen LogP contribution in [0.4, 0.5) is 0 Å². The van der Waals surface area contributed by atoms with E-state index >= 15 is 0 Å². The van der Waals surface area contributed by atoms with Gasteiger partial charge in [0.2, 0.25) is 0 Å². The molecule has 2 heterocycles. The first kappa shape index (κ1) is 14.3. The second-order valence-electron chi connectivity index (χ2n) is 5.91. The third kappa shape index (κ3) is 3.71. The predicted octanol–water partition coefficient (Wildman–Crippen LogP) is 2.43. The molecule has 0 aliphatic carbocycles. The molecule has 1 saturated heterocycles. The van der Waals surface area contributed by atoms with Gasteiger partial charge in [-0.15, -0.1) is 0 Å². The minimum Gasteiger partial charge on any atom is -0.330 e. The SMILES string of the molecule is NCCC1CCCN(Cc2ccn(-c3ccccc3)n2)C1. The topological polar surface area (TPSA) is 47.1 Å². The van der Waals surface area contributed by atoms with E-state index in [-0.39, 0.29) is 0 Å². The van der Waals surface area contributed by atoms with Crippen LogP contribution in [0, 0.1) is 5.92 Å². The molecule has 0 radical (unpaired) electrons. The molecule has 0 saturated carbocycles. The molecular weight excluding hydrogens is 260 g/mol. The zero-order valence-electron chi connectivity index (χ0n) is 12.5. The highest BCUT2D eigenvalue weighted by Crippen LogP contribution is 2.20. The first-order chi connectivity index (χ1) is 10.3. The molecule has 21 heavy (non-hydrogen) atoms. The molecule has 1 aromatic heterocycles. The molecule has 4 nitrogen and oxygen atoms in total. The van der Waals surface area contributed by atoms with Crippen LogP contribution in [0.3, 0.4) is 0 Å². The summed E-state index contributed by atoms with van der Waals surface area (Å²) in [5.74, 6) is 0.764. The fourth-order valence-electron chi connectivity index (χ4n) is 3.17. The van der Waals surface area contributed by atoms with Crippen molar-refractivity contribution < 1.29 is 0 Å². The molecule has 0 amide bonds. The smallest absolute Gasteiger partial charge is 0.0769 e. The lowest BCUT2D eigenvalue weighted by molar-refractivity contribution is 0.161. The number of piperidine rings is 1. The van der Waals surface area contributed by atoms with Crippen molar-refractivity contribution in [2.45, 2.75) is 25.8 Å². The molecule has 1 aliphatic heterocycles. The summed E-state index contributed by atoms with van der Waals surface area (Å²) in [6, 6.07) is 12.4. The van der Waals surface area contributed by atoms with Gasteiger partial charge in [-0.3, -0.25) is 4.90 Å². The van der Waals surface area contributed by atoms with Gasteiger partial charge in [0, 0.05) is 19.3 Å². The number of para-hydroxylation sites is 1. The molecule has 2 N–H and O–H groups in total. The van der Waals surface area contributed by atoms with E-state index < -0.39 is 0 Å². The lowest BCUT2D eigenvalue weighted by Crippen LogP contribution is -2.35. The fraction of sp³-hybridized carbons (Fsp3) is 0.471. The highest BCUT2D eigenvalue weighted by molar-refractivity contribution is 5.30. The van der Waals surface area contributed by atoms with Crippen molar-refractivity contribution in [1.29, 1.82) is 0 Å². The van der Waals surface area contributed by atoms with E-state index in [0.29, 0.717) is 0 Å². The molecule has 1 unspecified atom stereocenters. The minimum atomic E-state index is 0.764. The van der Waals surface area contributed by atoms with Crippen molar-refractivity contribution in [3.05, 3.63) is 48.3 Å². The molecular formula is C17H24N4. The van der Waals surface area contributed by atoms with Gasteiger partial charge >= 0.3 is 0 Å². The van der Waals surface area contributed by atoms with Crippen LogP contribution in [-0.2, 0) is 6.54 Å². The van der Waals surface area contributed by atoms with Crippen LogP contribution < -0.4 is 5.73 Å². The van der Waals surface area contributed by atoms with Crippen LogP contribution in [0.1, 0.15) is 25.0 Å². The van der Waals surface area contributed by atoms with Gasteiger partial charge in [0.05, 0.1) is 11.4 Å². The third-order valence-corrected chi connectivity index (χ3v) is 4.23. The highest BCUT2D eigenvalue weighted by atomic mass is 15.3. The van der Waals surface area contributed by atoms with Crippen molar-refractivity contribution in [1.82, 2.24) is 14.7 Å². The molecule has 2 aromatic rings. The first-order valence-corrected chi connectivity index (χ1v) is 7.87. The van der Waals surface area contributed by atoms with Crippen LogP contribution in [-0.4, -0.2) is 34.3 Å². The second-order valence-corrected chi connectivity index (χ2v) is 5.91. The fourth-order valence-corrected chi connectivity index (χ4v) is 3.17. The van der Waals surface area contributed by atoms with Crippen LogP contribution in [0.2, 0.25) is 0 Å². The summed E-state index contributed by atoms with van der Waals surface area (Å²) in [6.07, 6.45) is 5.80. The number of aromatic nitrogens is 2. The van der Waals surface area contributed by atoms with E-state index in [1.165, 1.54) is 19.4 Å². The number of hydrogen-bond acceptors (Lipinski definition) is 3. The molecule has 1 aromatic carbocycles. The standard InChI is InChI=1S/C17H24N4/c18-10-8-15-5-4-11-20(13-15)14-16-9-12-21(19-16)17-6-2-1-3-7-17/h1-3,6-7,9,12,15H,4-5,8,10-11,13-14,18H2. The Balaban J connectivity index is 1.62. The van der Waals surface area contributed by atoms with Gasteiger partial charge in [-0.2, -0.15) is 5.10 Å². The van der Waals surface area contributed by atoms with Crippen molar-refractivity contribution in [3.8, 4) is 5.69 Å². The summed E-state index contributed by atoms with van der Waals surface area (Å²) < 4.78 is 1.96. The van der Waals surface area contributed by atoms with Crippen LogP contribution in [0.15, 0.2) is 42.6 Å². The second kappa shape index (κ2) is 6.87. The summed E-state index contributed by atoms with van der Waals surface area (Å²) in [5.41, 5.74) is 7.95. The van der Waals surface area contributed by atoms with E-state index in [9.17, 15) is 0 Å². The lowest BCUT2D eigenvalue weighted by atomic mass is 9.95. The first-order valence-electron chi connectivity index (χ1n) is 7.87. The maximum atomic E-state index is 5.69. The Bertz CT molecular complexity index is 547. The van der Waals surface area contributed by atoms with Crippen LogP contribution in [0.25, 0.3) is 5.69 Å². The van der Waals surface area contributed by atoms with Gasteiger partial charge in [-0.1, -0.05) is 18.2 Å². The van der Waals surface area contributed by atoms with E-state index in [2.05, 4.69) is 23.1 Å². The van der Waals surface area contributed by atoms with E-state index in [1.807, 2.05) is 29.1 Å². The molecule has 3 rings (SSSR count). The summed E-state index contributed by atoms with van der Waals surface area (Å²) >= 11 is 0. The maximum absolute atomic E-state index is 5.69. The average molecular weight is 284 g/mol. The highest BCUT2D eigenvalue weighted by Gasteiger charge is 2.19. The van der Waals surface area contributed by atoms with Gasteiger partial charge in [0.25, 0.3) is 0 Å². The normalized spacial score (nSPS) is 19.8. The zero-order chi connectivity index (χ0) is 14.5. The van der Waals surface area contributed by atoms with Gasteiger partial charge in [-0.25, -0.2) is 4.68 Å². The Morgan fingerprint density at radius 3 is 2.86 bits per heavy atom.